The lowest BCUT2D eigenvalue weighted by Crippen LogP contribution is -2.04. The molecular weight excluding hydrogens is 364 g/mol. The van der Waals surface area contributed by atoms with Crippen LogP contribution >= 0.6 is 11.8 Å². The highest BCUT2D eigenvalue weighted by molar-refractivity contribution is 8.00. The normalized spacial score (nSPS) is 16.4. The zero-order chi connectivity index (χ0) is 20.5. The standard InChI is InChI=1S/C13H20O.C12H24OS/c1-12(2)14-11-7-6-10-13-8-4-3-5-9-13;1-11(2)13-9-5-3-4-7-12-8-6-10-14-12/h3-5,8-9,12H,6-7,10-11H2,1-2H3;11-12H,3-10H2,1-2H3. The quantitative estimate of drug-likeness (QED) is 0.319. The molecule has 0 bridgehead atoms. The summed E-state index contributed by atoms with van der Waals surface area (Å²) in [5.74, 6) is 1.40. The number of hydrogen-bond donors (Lipinski definition) is 0. The number of benzene rings is 1. The lowest BCUT2D eigenvalue weighted by Gasteiger charge is -2.09. The Hall–Kier alpha value is -0.510. The predicted octanol–water partition coefficient (Wildman–Crippen LogP) is 7.30. The zero-order valence-corrected chi connectivity index (χ0v) is 19.6. The van der Waals surface area contributed by atoms with Crippen molar-refractivity contribution in [2.75, 3.05) is 19.0 Å². The van der Waals surface area contributed by atoms with Gasteiger partial charge >= 0.3 is 0 Å². The fourth-order valence-electron chi connectivity index (χ4n) is 3.24. The van der Waals surface area contributed by atoms with Crippen LogP contribution in [0.4, 0.5) is 0 Å². The second-order valence-electron chi connectivity index (χ2n) is 8.27. The van der Waals surface area contributed by atoms with Crippen molar-refractivity contribution in [1.29, 1.82) is 0 Å². The van der Waals surface area contributed by atoms with E-state index in [2.05, 4.69) is 69.8 Å². The lowest BCUT2D eigenvalue weighted by atomic mass is 10.1. The molecule has 1 aliphatic rings. The maximum atomic E-state index is 5.51. The van der Waals surface area contributed by atoms with E-state index in [1.165, 1.54) is 62.7 Å². The first kappa shape index (κ1) is 25.5. The Labute approximate surface area is 179 Å². The predicted molar refractivity (Wildman–Crippen MR) is 126 cm³/mol. The van der Waals surface area contributed by atoms with Gasteiger partial charge in [0.15, 0.2) is 0 Å². The molecule has 1 heterocycles. The zero-order valence-electron chi connectivity index (χ0n) is 18.8. The number of aryl methyl sites for hydroxylation is 1. The Morgan fingerprint density at radius 2 is 1.50 bits per heavy atom. The Balaban J connectivity index is 0.000000280. The molecule has 1 saturated heterocycles. The van der Waals surface area contributed by atoms with Crippen LogP contribution in [0, 0.1) is 0 Å². The van der Waals surface area contributed by atoms with Gasteiger partial charge in [-0.05, 0) is 84.0 Å². The third-order valence-electron chi connectivity index (χ3n) is 4.80. The second kappa shape index (κ2) is 17.4. The van der Waals surface area contributed by atoms with Crippen molar-refractivity contribution < 1.29 is 9.47 Å². The summed E-state index contributed by atoms with van der Waals surface area (Å²) >= 11 is 2.18. The van der Waals surface area contributed by atoms with Crippen LogP contribution in [0.15, 0.2) is 30.3 Å². The first-order valence-corrected chi connectivity index (χ1v) is 12.5. The molecule has 0 aromatic heterocycles. The van der Waals surface area contributed by atoms with Crippen LogP contribution in [0.3, 0.4) is 0 Å². The lowest BCUT2D eigenvalue weighted by molar-refractivity contribution is 0.0756. The summed E-state index contributed by atoms with van der Waals surface area (Å²) in [6.07, 6.45) is 12.7. The molecule has 1 aliphatic heterocycles. The Kier molecular flexibility index (Phi) is 15.8. The molecule has 2 rings (SSSR count). The summed E-state index contributed by atoms with van der Waals surface area (Å²) < 4.78 is 11.0. The van der Waals surface area contributed by atoms with E-state index in [0.29, 0.717) is 12.2 Å². The summed E-state index contributed by atoms with van der Waals surface area (Å²) in [7, 11) is 0. The molecule has 3 heteroatoms. The minimum Gasteiger partial charge on any atom is -0.379 e. The van der Waals surface area contributed by atoms with E-state index < -0.39 is 0 Å². The van der Waals surface area contributed by atoms with E-state index in [0.717, 1.165) is 24.9 Å². The van der Waals surface area contributed by atoms with Crippen molar-refractivity contribution in [2.24, 2.45) is 0 Å². The van der Waals surface area contributed by atoms with E-state index in [9.17, 15) is 0 Å². The molecule has 162 valence electrons. The summed E-state index contributed by atoms with van der Waals surface area (Å²) in [4.78, 5) is 0. The highest BCUT2D eigenvalue weighted by Gasteiger charge is 2.14. The van der Waals surface area contributed by atoms with Crippen LogP contribution < -0.4 is 0 Å². The molecule has 0 spiro atoms. The summed E-state index contributed by atoms with van der Waals surface area (Å²) in [6.45, 7) is 10.2. The van der Waals surface area contributed by atoms with Gasteiger partial charge in [0.1, 0.15) is 0 Å². The third kappa shape index (κ3) is 15.4. The largest absolute Gasteiger partial charge is 0.379 e. The molecule has 0 N–H and O–H groups in total. The molecule has 28 heavy (non-hydrogen) atoms. The van der Waals surface area contributed by atoms with Crippen LogP contribution in [0.25, 0.3) is 0 Å². The van der Waals surface area contributed by atoms with Gasteiger partial charge < -0.3 is 9.47 Å². The van der Waals surface area contributed by atoms with Gasteiger partial charge in [-0.3, -0.25) is 0 Å². The van der Waals surface area contributed by atoms with Crippen molar-refractivity contribution in [3.8, 4) is 0 Å². The molecule has 0 amide bonds. The van der Waals surface area contributed by atoms with E-state index >= 15 is 0 Å². The van der Waals surface area contributed by atoms with Crippen molar-refractivity contribution >= 4 is 11.8 Å². The molecule has 2 nitrogen and oxygen atoms in total. The molecule has 1 atom stereocenters. The summed E-state index contributed by atoms with van der Waals surface area (Å²) in [6, 6.07) is 10.6. The van der Waals surface area contributed by atoms with Crippen molar-refractivity contribution in [3.63, 3.8) is 0 Å². The summed E-state index contributed by atoms with van der Waals surface area (Å²) in [5, 5.41) is 0.987. The number of rotatable bonds is 13. The maximum absolute atomic E-state index is 5.51. The number of hydrogen-bond acceptors (Lipinski definition) is 3. The topological polar surface area (TPSA) is 18.5 Å². The summed E-state index contributed by atoms with van der Waals surface area (Å²) in [5.41, 5.74) is 1.43. The monoisotopic (exact) mass is 408 g/mol. The first-order valence-electron chi connectivity index (χ1n) is 11.5. The van der Waals surface area contributed by atoms with E-state index in [1.807, 2.05) is 0 Å². The van der Waals surface area contributed by atoms with E-state index in [-0.39, 0.29) is 0 Å². The Bertz CT molecular complexity index is 441. The average molecular weight is 409 g/mol. The van der Waals surface area contributed by atoms with Crippen LogP contribution in [0.2, 0.25) is 0 Å². The Morgan fingerprint density at radius 3 is 2.07 bits per heavy atom. The fourth-order valence-corrected chi connectivity index (χ4v) is 4.57. The molecule has 1 aromatic rings. The molecule has 1 fully saturated rings. The van der Waals surface area contributed by atoms with Crippen molar-refractivity contribution in [1.82, 2.24) is 0 Å². The average Bonchev–Trinajstić information content (AvgIpc) is 3.19. The number of unbranched alkanes of at least 4 members (excludes halogenated alkanes) is 3. The molecule has 1 unspecified atom stereocenters. The minimum atomic E-state index is 0.367. The van der Waals surface area contributed by atoms with Crippen molar-refractivity contribution in [3.05, 3.63) is 35.9 Å². The van der Waals surface area contributed by atoms with Crippen LogP contribution in [0.5, 0.6) is 0 Å². The van der Waals surface area contributed by atoms with Crippen LogP contribution in [-0.4, -0.2) is 36.4 Å². The SMILES string of the molecule is CC(C)OCCCCCC1CCCS1.CC(C)OCCCCc1ccccc1. The van der Waals surface area contributed by atoms with Gasteiger partial charge in [-0.2, -0.15) is 11.8 Å². The molecular formula is C25H44O2S. The van der Waals surface area contributed by atoms with Gasteiger partial charge in [-0.15, -0.1) is 0 Å². The van der Waals surface area contributed by atoms with Gasteiger partial charge in [-0.25, -0.2) is 0 Å². The maximum Gasteiger partial charge on any atom is 0.0518 e. The van der Waals surface area contributed by atoms with Crippen LogP contribution in [-0.2, 0) is 15.9 Å². The van der Waals surface area contributed by atoms with Gasteiger partial charge in [0.2, 0.25) is 0 Å². The van der Waals surface area contributed by atoms with Gasteiger partial charge in [0.25, 0.3) is 0 Å². The van der Waals surface area contributed by atoms with Gasteiger partial charge in [0, 0.05) is 18.5 Å². The van der Waals surface area contributed by atoms with Gasteiger partial charge in [-0.1, -0.05) is 43.2 Å². The number of ether oxygens (including phenoxy) is 2. The Morgan fingerprint density at radius 1 is 0.857 bits per heavy atom. The van der Waals surface area contributed by atoms with Crippen LogP contribution in [0.1, 0.15) is 84.6 Å². The van der Waals surface area contributed by atoms with E-state index in [1.54, 1.807) is 0 Å². The smallest absolute Gasteiger partial charge is 0.0518 e. The van der Waals surface area contributed by atoms with Crippen molar-refractivity contribution in [2.45, 2.75) is 103 Å². The third-order valence-corrected chi connectivity index (χ3v) is 6.27. The molecule has 0 radical (unpaired) electrons. The molecule has 0 saturated carbocycles. The first-order chi connectivity index (χ1) is 13.6. The molecule has 0 aliphatic carbocycles. The molecule has 1 aromatic carbocycles. The highest BCUT2D eigenvalue weighted by Crippen LogP contribution is 2.29. The second-order valence-corrected chi connectivity index (χ2v) is 9.67. The fraction of sp³-hybridized carbons (Fsp3) is 0.760. The minimum absolute atomic E-state index is 0.367. The van der Waals surface area contributed by atoms with Gasteiger partial charge in [0.05, 0.1) is 12.2 Å². The number of thioether (sulfide) groups is 1. The van der Waals surface area contributed by atoms with E-state index in [4.69, 9.17) is 9.47 Å². The highest BCUT2D eigenvalue weighted by atomic mass is 32.2.